The van der Waals surface area contributed by atoms with Crippen molar-refractivity contribution in [2.45, 2.75) is 38.7 Å². The first-order chi connectivity index (χ1) is 14.8. The Balaban J connectivity index is 1.64. The van der Waals surface area contributed by atoms with Crippen molar-refractivity contribution in [2.24, 2.45) is 5.73 Å². The van der Waals surface area contributed by atoms with Crippen molar-refractivity contribution >= 4 is 11.6 Å². The summed E-state index contributed by atoms with van der Waals surface area (Å²) in [7, 11) is 0. The van der Waals surface area contributed by atoms with Crippen LogP contribution < -0.4 is 15.2 Å². The van der Waals surface area contributed by atoms with Crippen LogP contribution in [-0.4, -0.2) is 10.2 Å². The van der Waals surface area contributed by atoms with Gasteiger partial charge in [-0.2, -0.15) is 5.26 Å². The van der Waals surface area contributed by atoms with E-state index in [1.807, 2.05) is 48.5 Å². The van der Waals surface area contributed by atoms with Crippen molar-refractivity contribution < 1.29 is 9.47 Å². The molecule has 0 spiro atoms. The van der Waals surface area contributed by atoms with Crippen LogP contribution in [-0.2, 0) is 12.0 Å². The van der Waals surface area contributed by atoms with Crippen molar-refractivity contribution in [1.29, 1.82) is 5.26 Å². The average molecular weight is 435 g/mol. The molecule has 7 heteroatoms. The number of allylic oxidation sites excluding steroid dienone is 1. The molecule has 1 aliphatic heterocycles. The van der Waals surface area contributed by atoms with E-state index in [1.54, 1.807) is 0 Å². The Morgan fingerprint density at radius 1 is 1.16 bits per heavy atom. The zero-order valence-electron chi connectivity index (χ0n) is 17.6. The van der Waals surface area contributed by atoms with Crippen molar-refractivity contribution in [3.05, 3.63) is 87.4 Å². The zero-order valence-corrected chi connectivity index (χ0v) is 18.3. The Morgan fingerprint density at radius 2 is 1.84 bits per heavy atom. The van der Waals surface area contributed by atoms with E-state index < -0.39 is 0 Å². The van der Waals surface area contributed by atoms with Crippen LogP contribution in [0.2, 0.25) is 5.02 Å². The van der Waals surface area contributed by atoms with Crippen LogP contribution in [0.4, 0.5) is 0 Å². The van der Waals surface area contributed by atoms with Crippen LogP contribution in [0.3, 0.4) is 0 Å². The second-order valence-electron chi connectivity index (χ2n) is 8.48. The second-order valence-corrected chi connectivity index (χ2v) is 8.91. The molecule has 1 atom stereocenters. The van der Waals surface area contributed by atoms with Crippen LogP contribution in [0, 0.1) is 11.3 Å². The van der Waals surface area contributed by atoms with Gasteiger partial charge in [0, 0.05) is 16.1 Å². The lowest BCUT2D eigenvalue weighted by Crippen LogP contribution is -2.23. The number of rotatable bonds is 4. The van der Waals surface area contributed by atoms with Gasteiger partial charge < -0.3 is 15.2 Å². The summed E-state index contributed by atoms with van der Waals surface area (Å²) in [5.74, 6) is 0.848. The average Bonchev–Trinajstić information content (AvgIpc) is 3.16. The number of nitrogens with zero attached hydrogens (tertiary/aromatic N) is 2. The number of hydrogen-bond donors (Lipinski definition) is 2. The number of hydrogen-bond acceptors (Lipinski definition) is 5. The quantitative estimate of drug-likeness (QED) is 0.591. The molecule has 1 aromatic heterocycles. The number of nitrogens with two attached hydrogens (primary N) is 1. The number of nitriles is 1. The third-order valence-corrected chi connectivity index (χ3v) is 5.47. The predicted molar refractivity (Wildman–Crippen MR) is 119 cm³/mol. The van der Waals surface area contributed by atoms with Crippen molar-refractivity contribution in [1.82, 2.24) is 10.2 Å². The highest BCUT2D eigenvalue weighted by atomic mass is 35.5. The highest BCUT2D eigenvalue weighted by Crippen LogP contribution is 2.45. The molecule has 31 heavy (non-hydrogen) atoms. The second kappa shape index (κ2) is 8.01. The molecule has 0 bridgehead atoms. The summed E-state index contributed by atoms with van der Waals surface area (Å²) in [4.78, 5) is 0. The van der Waals surface area contributed by atoms with E-state index in [0.29, 0.717) is 23.1 Å². The Bertz CT molecular complexity index is 1170. The normalized spacial score (nSPS) is 15.8. The maximum Gasteiger partial charge on any atom is 0.244 e. The number of nitrogens with one attached hydrogen (secondary N) is 1. The molecule has 1 aliphatic rings. The number of halogens is 1. The molecule has 0 unspecified atom stereocenters. The molecule has 0 fully saturated rings. The van der Waals surface area contributed by atoms with Gasteiger partial charge in [-0.3, -0.25) is 5.10 Å². The first-order valence-electron chi connectivity index (χ1n) is 9.91. The highest BCUT2D eigenvalue weighted by Gasteiger charge is 2.37. The molecule has 6 nitrogen and oxygen atoms in total. The van der Waals surface area contributed by atoms with E-state index in [0.717, 1.165) is 28.1 Å². The minimum Gasteiger partial charge on any atom is -0.489 e. The van der Waals surface area contributed by atoms with Gasteiger partial charge in [0.2, 0.25) is 11.8 Å². The summed E-state index contributed by atoms with van der Waals surface area (Å²) in [6.07, 6.45) is 0. The maximum atomic E-state index is 9.80. The Morgan fingerprint density at radius 3 is 2.45 bits per heavy atom. The molecule has 158 valence electrons. The van der Waals surface area contributed by atoms with Gasteiger partial charge in [-0.15, -0.1) is 5.10 Å². The molecule has 0 amide bonds. The lowest BCUT2D eigenvalue weighted by Gasteiger charge is -2.27. The summed E-state index contributed by atoms with van der Waals surface area (Å²) < 4.78 is 11.5. The zero-order chi connectivity index (χ0) is 22.2. The Kier molecular flexibility index (Phi) is 5.38. The van der Waals surface area contributed by atoms with Gasteiger partial charge in [-0.25, -0.2) is 0 Å². The molecule has 2 aromatic carbocycles. The summed E-state index contributed by atoms with van der Waals surface area (Å²) in [5.41, 5.74) is 9.90. The number of aromatic nitrogens is 2. The minimum atomic E-state index is -0.368. The molecule has 3 N–H and O–H groups in total. The molecule has 0 radical (unpaired) electrons. The predicted octanol–water partition coefficient (Wildman–Crippen LogP) is 5.16. The van der Waals surface area contributed by atoms with Crippen molar-refractivity contribution in [3.8, 4) is 17.7 Å². The molecule has 0 saturated carbocycles. The fraction of sp³-hybridized carbons (Fsp3) is 0.250. The molecule has 4 rings (SSSR count). The van der Waals surface area contributed by atoms with E-state index in [1.165, 1.54) is 0 Å². The standard InChI is InChI=1S/C24H23ClN4O2/c1-24(2,3)21-20-19(18(12-26)22(27)31-23(20)29-28-21)15-6-10-17(11-7-15)30-13-14-4-8-16(25)9-5-14/h4-11,19H,13,27H2,1-3H3,(H,28,29)/t19-/m0/s1. The van der Waals surface area contributed by atoms with E-state index in [4.69, 9.17) is 26.8 Å². The van der Waals surface area contributed by atoms with Gasteiger partial charge in [0.1, 0.15) is 24.0 Å². The minimum absolute atomic E-state index is 0.0787. The lowest BCUT2D eigenvalue weighted by atomic mass is 9.79. The van der Waals surface area contributed by atoms with Crippen molar-refractivity contribution in [3.63, 3.8) is 0 Å². The van der Waals surface area contributed by atoms with E-state index in [-0.39, 0.29) is 17.2 Å². The fourth-order valence-electron chi connectivity index (χ4n) is 3.65. The third-order valence-electron chi connectivity index (χ3n) is 5.22. The summed E-state index contributed by atoms with van der Waals surface area (Å²) in [5, 5.41) is 17.9. The van der Waals surface area contributed by atoms with Crippen molar-refractivity contribution in [2.75, 3.05) is 0 Å². The number of H-pyrrole nitrogens is 1. The van der Waals surface area contributed by atoms with Gasteiger partial charge in [0.25, 0.3) is 0 Å². The van der Waals surface area contributed by atoms with Crippen LogP contribution in [0.1, 0.15) is 49.1 Å². The monoisotopic (exact) mass is 434 g/mol. The summed E-state index contributed by atoms with van der Waals surface area (Å²) >= 11 is 5.93. The Hall–Kier alpha value is -3.43. The van der Waals surface area contributed by atoms with Gasteiger partial charge in [0.05, 0.1) is 11.5 Å². The summed E-state index contributed by atoms with van der Waals surface area (Å²) in [6.45, 7) is 6.68. The molecule has 2 heterocycles. The molecular formula is C24H23ClN4O2. The number of benzene rings is 2. The molecule has 3 aromatic rings. The molecular weight excluding hydrogens is 412 g/mol. The van der Waals surface area contributed by atoms with Crippen LogP contribution in [0.5, 0.6) is 11.6 Å². The third kappa shape index (κ3) is 4.10. The topological polar surface area (TPSA) is 97.0 Å². The van der Waals surface area contributed by atoms with E-state index >= 15 is 0 Å². The van der Waals surface area contributed by atoms with Gasteiger partial charge in [-0.05, 0) is 35.4 Å². The maximum absolute atomic E-state index is 9.80. The van der Waals surface area contributed by atoms with Gasteiger partial charge >= 0.3 is 0 Å². The SMILES string of the molecule is CC(C)(C)c1[nH]nc2c1[C@@H](c1ccc(OCc3ccc(Cl)cc3)cc1)C(C#N)=C(N)O2. The van der Waals surface area contributed by atoms with Crippen LogP contribution in [0.25, 0.3) is 0 Å². The smallest absolute Gasteiger partial charge is 0.244 e. The number of ether oxygens (including phenoxy) is 2. The molecule has 0 saturated heterocycles. The summed E-state index contributed by atoms with van der Waals surface area (Å²) in [6, 6.07) is 17.4. The number of fused-ring (bicyclic) bond motifs is 1. The molecule has 0 aliphatic carbocycles. The lowest BCUT2D eigenvalue weighted by molar-refractivity contribution is 0.306. The first-order valence-corrected chi connectivity index (χ1v) is 10.3. The highest BCUT2D eigenvalue weighted by molar-refractivity contribution is 6.30. The largest absolute Gasteiger partial charge is 0.489 e. The van der Waals surface area contributed by atoms with E-state index in [9.17, 15) is 5.26 Å². The fourth-order valence-corrected chi connectivity index (χ4v) is 3.78. The van der Waals surface area contributed by atoms with Gasteiger partial charge in [-0.1, -0.05) is 56.6 Å². The Labute approximate surface area is 186 Å². The van der Waals surface area contributed by atoms with Crippen LogP contribution >= 0.6 is 11.6 Å². The number of aromatic amines is 1. The van der Waals surface area contributed by atoms with E-state index in [2.05, 4.69) is 37.0 Å². The first kappa shape index (κ1) is 20.8. The van der Waals surface area contributed by atoms with Gasteiger partial charge in [0.15, 0.2) is 0 Å². The van der Waals surface area contributed by atoms with Crippen LogP contribution in [0.15, 0.2) is 60.0 Å².